The summed E-state index contributed by atoms with van der Waals surface area (Å²) in [4.78, 5) is 32.9. The van der Waals surface area contributed by atoms with Gasteiger partial charge in [0, 0.05) is 6.20 Å². The molecule has 5 nitrogen and oxygen atoms in total. The number of fused-ring (bicyclic) bond motifs is 2. The zero-order valence-corrected chi connectivity index (χ0v) is 18.2. The molecule has 0 aliphatic carbocycles. The minimum Gasteiger partial charge on any atom is -0.450 e. The van der Waals surface area contributed by atoms with Crippen molar-refractivity contribution in [3.05, 3.63) is 103 Å². The molecule has 1 unspecified atom stereocenters. The van der Waals surface area contributed by atoms with Crippen LogP contribution in [0.3, 0.4) is 0 Å². The molecule has 0 bridgehead atoms. The fourth-order valence-electron chi connectivity index (χ4n) is 3.96. The normalized spacial score (nSPS) is 15.5. The summed E-state index contributed by atoms with van der Waals surface area (Å²) < 4.78 is 6.01. The summed E-state index contributed by atoms with van der Waals surface area (Å²) in [6, 6.07) is 13.2. The second-order valence-corrected chi connectivity index (χ2v) is 8.36. The number of aryl methyl sites for hydroxylation is 2. The Morgan fingerprint density at radius 2 is 1.74 bits per heavy atom. The van der Waals surface area contributed by atoms with Crippen molar-refractivity contribution in [3.63, 3.8) is 0 Å². The lowest BCUT2D eigenvalue weighted by atomic mass is 9.97. The minimum absolute atomic E-state index is 0.0162. The van der Waals surface area contributed by atoms with Gasteiger partial charge in [-0.2, -0.15) is 0 Å². The van der Waals surface area contributed by atoms with Gasteiger partial charge in [0.25, 0.3) is 5.91 Å². The average molecular weight is 451 g/mol. The van der Waals surface area contributed by atoms with Crippen molar-refractivity contribution in [2.45, 2.75) is 19.9 Å². The lowest BCUT2D eigenvalue weighted by Crippen LogP contribution is -2.30. The molecule has 3 heterocycles. The van der Waals surface area contributed by atoms with Crippen LogP contribution in [0.1, 0.15) is 38.9 Å². The van der Waals surface area contributed by atoms with Gasteiger partial charge in [0.15, 0.2) is 5.43 Å². The van der Waals surface area contributed by atoms with Crippen molar-refractivity contribution in [1.82, 2.24) is 4.98 Å². The Morgan fingerprint density at radius 3 is 2.45 bits per heavy atom. The predicted molar refractivity (Wildman–Crippen MR) is 121 cm³/mol. The fraction of sp³-hybridized carbons (Fsp3) is 0.125. The van der Waals surface area contributed by atoms with Gasteiger partial charge in [0.2, 0.25) is 5.76 Å². The van der Waals surface area contributed by atoms with E-state index >= 15 is 0 Å². The van der Waals surface area contributed by atoms with Crippen LogP contribution in [0.5, 0.6) is 0 Å². The highest BCUT2D eigenvalue weighted by atomic mass is 35.5. The van der Waals surface area contributed by atoms with Gasteiger partial charge < -0.3 is 4.42 Å². The largest absolute Gasteiger partial charge is 0.450 e. The molecule has 2 aromatic carbocycles. The smallest absolute Gasteiger partial charge is 0.296 e. The molecule has 7 heteroatoms. The van der Waals surface area contributed by atoms with E-state index < -0.39 is 11.9 Å². The summed E-state index contributed by atoms with van der Waals surface area (Å²) >= 11 is 12.4. The first-order valence-electron chi connectivity index (χ1n) is 9.64. The van der Waals surface area contributed by atoms with Crippen LogP contribution in [0.2, 0.25) is 10.0 Å². The number of carbonyl (C=O) groups excluding carboxylic acids is 1. The van der Waals surface area contributed by atoms with Crippen LogP contribution in [-0.4, -0.2) is 10.9 Å². The summed E-state index contributed by atoms with van der Waals surface area (Å²) in [6.07, 6.45) is 1.59. The van der Waals surface area contributed by atoms with Crippen LogP contribution >= 0.6 is 23.2 Å². The van der Waals surface area contributed by atoms with Gasteiger partial charge in [-0.15, -0.1) is 0 Å². The lowest BCUT2D eigenvalue weighted by Gasteiger charge is -2.24. The lowest BCUT2D eigenvalue weighted by molar-refractivity contribution is 0.0970. The number of benzene rings is 2. The molecule has 5 rings (SSSR count). The van der Waals surface area contributed by atoms with Gasteiger partial charge in [-0.3, -0.25) is 14.5 Å². The van der Waals surface area contributed by atoms with Crippen LogP contribution in [0.15, 0.2) is 63.9 Å². The average Bonchev–Trinajstić information content (AvgIpc) is 3.05. The van der Waals surface area contributed by atoms with Gasteiger partial charge in [-0.05, 0) is 66.9 Å². The molecular formula is C24H16Cl2N2O3. The summed E-state index contributed by atoms with van der Waals surface area (Å²) in [5.41, 5.74) is 2.99. The van der Waals surface area contributed by atoms with E-state index in [-0.39, 0.29) is 16.8 Å². The van der Waals surface area contributed by atoms with Gasteiger partial charge in [-0.25, -0.2) is 4.98 Å². The van der Waals surface area contributed by atoms with Gasteiger partial charge in [0.05, 0.1) is 27.0 Å². The number of nitrogens with zero attached hydrogens (tertiary/aromatic N) is 2. The molecule has 31 heavy (non-hydrogen) atoms. The number of halogens is 2. The van der Waals surface area contributed by atoms with Crippen LogP contribution in [0.25, 0.3) is 11.0 Å². The molecule has 1 aliphatic heterocycles. The molecule has 1 aliphatic rings. The Hall–Kier alpha value is -3.15. The summed E-state index contributed by atoms with van der Waals surface area (Å²) in [5, 5.41) is 1.15. The molecule has 1 atom stereocenters. The maximum absolute atomic E-state index is 13.6. The minimum atomic E-state index is -0.741. The SMILES string of the molecule is Cc1cc2oc3c(c(=O)c2cc1C)C(c1ccc(Cl)c(Cl)c1)N(c1ccccn1)C3=O. The molecular weight excluding hydrogens is 435 g/mol. The highest BCUT2D eigenvalue weighted by Crippen LogP contribution is 2.41. The van der Waals surface area contributed by atoms with Crippen LogP contribution < -0.4 is 10.3 Å². The predicted octanol–water partition coefficient (Wildman–Crippen LogP) is 5.86. The van der Waals surface area contributed by atoms with E-state index in [4.69, 9.17) is 27.6 Å². The molecule has 154 valence electrons. The standard InChI is InChI=1S/C24H16Cl2N2O3/c1-12-9-15-18(10-13(12)2)31-23-20(22(15)29)21(14-6-7-16(25)17(26)11-14)28(24(23)30)19-5-3-4-8-27-19/h3-11,21H,1-2H3. The first-order valence-corrected chi connectivity index (χ1v) is 10.4. The van der Waals surface area contributed by atoms with Crippen molar-refractivity contribution in [1.29, 1.82) is 0 Å². The van der Waals surface area contributed by atoms with Gasteiger partial charge in [0.1, 0.15) is 11.4 Å². The van der Waals surface area contributed by atoms with E-state index in [9.17, 15) is 9.59 Å². The zero-order valence-electron chi connectivity index (χ0n) is 16.6. The Bertz CT molecular complexity index is 1430. The third-order valence-electron chi connectivity index (χ3n) is 5.64. The first-order chi connectivity index (χ1) is 14.9. The van der Waals surface area contributed by atoms with Crippen LogP contribution in [-0.2, 0) is 0 Å². The molecule has 0 N–H and O–H groups in total. The van der Waals surface area contributed by atoms with Crippen molar-refractivity contribution in [3.8, 4) is 0 Å². The highest BCUT2D eigenvalue weighted by Gasteiger charge is 2.44. The monoisotopic (exact) mass is 450 g/mol. The topological polar surface area (TPSA) is 63.4 Å². The van der Waals surface area contributed by atoms with E-state index in [2.05, 4.69) is 4.98 Å². The summed E-state index contributed by atoms with van der Waals surface area (Å²) in [7, 11) is 0. The Morgan fingerprint density at radius 1 is 0.968 bits per heavy atom. The maximum atomic E-state index is 13.6. The van der Waals surface area contributed by atoms with E-state index in [1.54, 1.807) is 54.7 Å². The second kappa shape index (κ2) is 7.22. The first kappa shape index (κ1) is 19.8. The number of hydrogen-bond acceptors (Lipinski definition) is 4. The van der Waals surface area contributed by atoms with E-state index in [1.165, 1.54) is 4.90 Å². The van der Waals surface area contributed by atoms with Gasteiger partial charge in [-0.1, -0.05) is 35.3 Å². The third kappa shape index (κ3) is 3.04. The van der Waals surface area contributed by atoms with E-state index in [0.29, 0.717) is 32.4 Å². The molecule has 2 aromatic heterocycles. The molecule has 0 saturated heterocycles. The van der Waals surface area contributed by atoms with Crippen molar-refractivity contribution in [2.24, 2.45) is 0 Å². The van der Waals surface area contributed by atoms with Crippen LogP contribution in [0, 0.1) is 13.8 Å². The fourth-order valence-corrected chi connectivity index (χ4v) is 4.26. The second-order valence-electron chi connectivity index (χ2n) is 7.55. The quantitative estimate of drug-likeness (QED) is 0.383. The highest BCUT2D eigenvalue weighted by molar-refractivity contribution is 6.42. The molecule has 0 fully saturated rings. The number of hydrogen-bond donors (Lipinski definition) is 0. The van der Waals surface area contributed by atoms with Crippen molar-refractivity contribution >= 4 is 45.9 Å². The Balaban J connectivity index is 1.84. The van der Waals surface area contributed by atoms with Crippen LogP contribution in [0.4, 0.5) is 5.82 Å². The Kier molecular flexibility index (Phi) is 4.61. The zero-order chi connectivity index (χ0) is 21.9. The summed E-state index contributed by atoms with van der Waals surface area (Å²) in [5.74, 6) is -0.00438. The summed E-state index contributed by atoms with van der Waals surface area (Å²) in [6.45, 7) is 3.87. The molecule has 0 saturated carbocycles. The molecule has 0 spiro atoms. The van der Waals surface area contributed by atoms with Gasteiger partial charge >= 0.3 is 0 Å². The number of anilines is 1. The van der Waals surface area contributed by atoms with Crippen molar-refractivity contribution < 1.29 is 9.21 Å². The molecule has 0 radical (unpaired) electrons. The number of aromatic nitrogens is 1. The number of amides is 1. The number of pyridine rings is 1. The molecule has 4 aromatic rings. The Labute approximate surface area is 187 Å². The van der Waals surface area contributed by atoms with E-state index in [1.807, 2.05) is 13.8 Å². The molecule has 1 amide bonds. The van der Waals surface area contributed by atoms with Crippen molar-refractivity contribution in [2.75, 3.05) is 4.90 Å². The number of carbonyl (C=O) groups is 1. The number of rotatable bonds is 2. The van der Waals surface area contributed by atoms with E-state index in [0.717, 1.165) is 11.1 Å². The third-order valence-corrected chi connectivity index (χ3v) is 6.38. The maximum Gasteiger partial charge on any atom is 0.296 e.